The first-order chi connectivity index (χ1) is 8.36. The quantitative estimate of drug-likeness (QED) is 0.584. The highest BCUT2D eigenvalue weighted by Gasteiger charge is 2.19. The summed E-state index contributed by atoms with van der Waals surface area (Å²) >= 11 is 0. The van der Waals surface area contributed by atoms with E-state index in [4.69, 9.17) is 0 Å². The summed E-state index contributed by atoms with van der Waals surface area (Å²) in [5, 5.41) is 29.4. The van der Waals surface area contributed by atoms with Crippen LogP contribution in [0, 0.1) is 0 Å². The van der Waals surface area contributed by atoms with Crippen molar-refractivity contribution in [2.75, 3.05) is 0 Å². The van der Waals surface area contributed by atoms with Crippen LogP contribution < -0.4 is 0 Å². The SMILES string of the molecule is Oc1n[nH]c(-c2nnn[nH]2)c1-c1ccccn1. The summed E-state index contributed by atoms with van der Waals surface area (Å²) in [4.78, 5) is 4.15. The Labute approximate surface area is 94.7 Å². The van der Waals surface area contributed by atoms with Crippen molar-refractivity contribution in [2.24, 2.45) is 0 Å². The number of nitrogens with one attached hydrogen (secondary N) is 2. The maximum atomic E-state index is 9.72. The van der Waals surface area contributed by atoms with E-state index in [9.17, 15) is 5.11 Å². The largest absolute Gasteiger partial charge is 0.492 e. The lowest BCUT2D eigenvalue weighted by molar-refractivity contribution is 0.453. The van der Waals surface area contributed by atoms with Crippen LogP contribution in [0.1, 0.15) is 0 Å². The molecular formula is C9H7N7O. The lowest BCUT2D eigenvalue weighted by atomic mass is 10.1. The Bertz CT molecular complexity index is 616. The van der Waals surface area contributed by atoms with Gasteiger partial charge >= 0.3 is 0 Å². The minimum Gasteiger partial charge on any atom is -0.492 e. The molecule has 3 rings (SSSR count). The molecule has 3 aromatic rings. The van der Waals surface area contributed by atoms with E-state index in [-0.39, 0.29) is 5.88 Å². The normalized spacial score (nSPS) is 10.6. The van der Waals surface area contributed by atoms with Crippen molar-refractivity contribution >= 4 is 0 Å². The number of aromatic hydroxyl groups is 1. The lowest BCUT2D eigenvalue weighted by Crippen LogP contribution is -1.87. The monoisotopic (exact) mass is 229 g/mol. The maximum Gasteiger partial charge on any atom is 0.240 e. The highest BCUT2D eigenvalue weighted by molar-refractivity contribution is 5.79. The zero-order chi connectivity index (χ0) is 11.7. The van der Waals surface area contributed by atoms with Gasteiger partial charge in [0.25, 0.3) is 0 Å². The number of aromatic amines is 2. The van der Waals surface area contributed by atoms with Crippen LogP contribution in [0.15, 0.2) is 24.4 Å². The van der Waals surface area contributed by atoms with Gasteiger partial charge in [0.05, 0.1) is 11.3 Å². The molecule has 0 radical (unpaired) electrons. The average Bonchev–Trinajstić information content (AvgIpc) is 2.98. The second-order valence-corrected chi connectivity index (χ2v) is 3.26. The number of nitrogens with zero attached hydrogens (tertiary/aromatic N) is 5. The van der Waals surface area contributed by atoms with Gasteiger partial charge in [-0.15, -0.1) is 10.2 Å². The predicted molar refractivity (Wildman–Crippen MR) is 56.7 cm³/mol. The fourth-order valence-corrected chi connectivity index (χ4v) is 1.52. The summed E-state index contributed by atoms with van der Waals surface area (Å²) in [7, 11) is 0. The van der Waals surface area contributed by atoms with Gasteiger partial charge in [-0.1, -0.05) is 6.07 Å². The average molecular weight is 229 g/mol. The molecule has 0 saturated heterocycles. The first-order valence-corrected chi connectivity index (χ1v) is 4.79. The second kappa shape index (κ2) is 3.67. The van der Waals surface area contributed by atoms with Crippen molar-refractivity contribution in [1.29, 1.82) is 0 Å². The Morgan fingerprint density at radius 1 is 1.18 bits per heavy atom. The summed E-state index contributed by atoms with van der Waals surface area (Å²) < 4.78 is 0. The van der Waals surface area contributed by atoms with Crippen LogP contribution >= 0.6 is 0 Å². The van der Waals surface area contributed by atoms with Gasteiger partial charge < -0.3 is 5.11 Å². The molecule has 0 atom stereocenters. The highest BCUT2D eigenvalue weighted by Crippen LogP contribution is 2.33. The molecule has 8 heteroatoms. The number of rotatable bonds is 2. The molecule has 17 heavy (non-hydrogen) atoms. The first kappa shape index (κ1) is 9.46. The Hall–Kier alpha value is -2.77. The van der Waals surface area contributed by atoms with E-state index in [2.05, 4.69) is 35.8 Å². The molecular weight excluding hydrogens is 222 g/mol. The van der Waals surface area contributed by atoms with Gasteiger partial charge in [0.2, 0.25) is 5.88 Å². The number of pyridine rings is 1. The Balaban J connectivity index is 2.20. The number of H-pyrrole nitrogens is 2. The molecule has 0 spiro atoms. The molecule has 0 aliphatic carbocycles. The van der Waals surface area contributed by atoms with Crippen molar-refractivity contribution in [1.82, 2.24) is 35.8 Å². The van der Waals surface area contributed by atoms with Crippen LogP contribution in [0.4, 0.5) is 0 Å². The first-order valence-electron chi connectivity index (χ1n) is 4.79. The van der Waals surface area contributed by atoms with Gasteiger partial charge in [0.15, 0.2) is 5.82 Å². The van der Waals surface area contributed by atoms with Crippen LogP contribution in [0.2, 0.25) is 0 Å². The maximum absolute atomic E-state index is 9.72. The van der Waals surface area contributed by atoms with Crippen molar-refractivity contribution in [3.05, 3.63) is 24.4 Å². The summed E-state index contributed by atoms with van der Waals surface area (Å²) in [5.74, 6) is 0.244. The standard InChI is InChI=1S/C9H7N7O/c17-9-6(5-3-1-2-4-10-5)7(11-14-9)8-12-15-16-13-8/h1-4H,(H2,11,14,17)(H,12,13,15,16). The van der Waals surface area contributed by atoms with Crippen molar-refractivity contribution in [2.45, 2.75) is 0 Å². The Kier molecular flexibility index (Phi) is 2.04. The molecule has 0 aromatic carbocycles. The molecule has 0 fully saturated rings. The van der Waals surface area contributed by atoms with Gasteiger partial charge in [-0.25, -0.2) is 5.10 Å². The Morgan fingerprint density at radius 3 is 2.82 bits per heavy atom. The zero-order valence-electron chi connectivity index (χ0n) is 8.49. The van der Waals surface area contributed by atoms with E-state index < -0.39 is 0 Å². The molecule has 3 N–H and O–H groups in total. The molecule has 0 amide bonds. The van der Waals surface area contributed by atoms with Crippen molar-refractivity contribution in [3.8, 4) is 28.7 Å². The molecule has 0 saturated carbocycles. The van der Waals surface area contributed by atoms with Crippen LogP contribution in [-0.2, 0) is 0 Å². The van der Waals surface area contributed by atoms with Crippen LogP contribution in [0.25, 0.3) is 22.8 Å². The predicted octanol–water partition coefficient (Wildman–Crippen LogP) is 0.357. The van der Waals surface area contributed by atoms with Crippen LogP contribution in [0.5, 0.6) is 5.88 Å². The summed E-state index contributed by atoms with van der Waals surface area (Å²) in [6.45, 7) is 0. The fraction of sp³-hybridized carbons (Fsp3) is 0. The molecule has 3 aromatic heterocycles. The zero-order valence-corrected chi connectivity index (χ0v) is 8.49. The van der Waals surface area contributed by atoms with Gasteiger partial charge in [0.1, 0.15) is 5.69 Å². The third kappa shape index (κ3) is 1.51. The van der Waals surface area contributed by atoms with Gasteiger partial charge in [-0.2, -0.15) is 0 Å². The van der Waals surface area contributed by atoms with E-state index in [0.717, 1.165) is 0 Å². The van der Waals surface area contributed by atoms with Gasteiger partial charge in [0, 0.05) is 6.20 Å². The van der Waals surface area contributed by atoms with E-state index >= 15 is 0 Å². The van der Waals surface area contributed by atoms with Crippen molar-refractivity contribution < 1.29 is 5.11 Å². The van der Waals surface area contributed by atoms with Crippen molar-refractivity contribution in [3.63, 3.8) is 0 Å². The minimum atomic E-state index is -0.143. The molecule has 0 aliphatic heterocycles. The van der Waals surface area contributed by atoms with Crippen LogP contribution in [-0.4, -0.2) is 40.9 Å². The van der Waals surface area contributed by atoms with Gasteiger partial charge in [-0.05, 0) is 22.6 Å². The molecule has 0 aliphatic rings. The minimum absolute atomic E-state index is 0.143. The fourth-order valence-electron chi connectivity index (χ4n) is 1.52. The lowest BCUT2D eigenvalue weighted by Gasteiger charge is -1.99. The number of aromatic nitrogens is 7. The third-order valence-corrected chi connectivity index (χ3v) is 2.25. The topological polar surface area (TPSA) is 116 Å². The van der Waals surface area contributed by atoms with E-state index in [0.29, 0.717) is 22.8 Å². The summed E-state index contributed by atoms with van der Waals surface area (Å²) in [6, 6.07) is 5.37. The van der Waals surface area contributed by atoms with E-state index in [1.165, 1.54) is 0 Å². The summed E-state index contributed by atoms with van der Waals surface area (Å²) in [6.07, 6.45) is 1.63. The number of hydrogen-bond donors (Lipinski definition) is 3. The molecule has 8 nitrogen and oxygen atoms in total. The summed E-state index contributed by atoms with van der Waals surface area (Å²) in [5.41, 5.74) is 1.54. The highest BCUT2D eigenvalue weighted by atomic mass is 16.3. The molecule has 84 valence electrons. The van der Waals surface area contributed by atoms with Gasteiger partial charge in [-0.3, -0.25) is 10.1 Å². The van der Waals surface area contributed by atoms with E-state index in [1.807, 2.05) is 6.07 Å². The van der Waals surface area contributed by atoms with E-state index in [1.54, 1.807) is 18.3 Å². The Morgan fingerprint density at radius 2 is 2.12 bits per heavy atom. The molecule has 0 unspecified atom stereocenters. The smallest absolute Gasteiger partial charge is 0.240 e. The number of tetrazole rings is 1. The molecule has 0 bridgehead atoms. The number of hydrogen-bond acceptors (Lipinski definition) is 6. The van der Waals surface area contributed by atoms with Crippen LogP contribution in [0.3, 0.4) is 0 Å². The molecule has 3 heterocycles. The third-order valence-electron chi connectivity index (χ3n) is 2.25. The second-order valence-electron chi connectivity index (χ2n) is 3.26.